The maximum absolute atomic E-state index is 9.74. The predicted molar refractivity (Wildman–Crippen MR) is 122 cm³/mol. The van der Waals surface area contributed by atoms with Crippen LogP contribution in [0.15, 0.2) is 76.8 Å². The highest BCUT2D eigenvalue weighted by Gasteiger charge is 2.10. The number of phenolic OH excluding ortho intramolecular Hbond substituents is 1. The average Bonchev–Trinajstić information content (AvgIpc) is 3.20. The van der Waals surface area contributed by atoms with E-state index in [1.807, 2.05) is 55.5 Å². The minimum Gasteiger partial charge on any atom is -0.504 e. The van der Waals surface area contributed by atoms with E-state index in [2.05, 4.69) is 15.5 Å². The molecule has 2 N–H and O–H groups in total. The Labute approximate surface area is 178 Å². The number of aromatic hydroxyl groups is 1. The van der Waals surface area contributed by atoms with Crippen molar-refractivity contribution in [3.05, 3.63) is 82.9 Å². The van der Waals surface area contributed by atoms with E-state index in [0.717, 1.165) is 26.5 Å². The molecule has 0 aliphatic carbocycles. The maximum Gasteiger partial charge on any atom is 0.183 e. The van der Waals surface area contributed by atoms with Gasteiger partial charge in [-0.05, 0) is 55.0 Å². The number of thiazole rings is 1. The first-order chi connectivity index (χ1) is 14.6. The van der Waals surface area contributed by atoms with Gasteiger partial charge in [0.2, 0.25) is 0 Å². The van der Waals surface area contributed by atoms with Crippen molar-refractivity contribution in [1.29, 1.82) is 0 Å². The summed E-state index contributed by atoms with van der Waals surface area (Å²) in [6, 6.07) is 20.9. The molecule has 30 heavy (non-hydrogen) atoms. The van der Waals surface area contributed by atoms with E-state index in [1.165, 1.54) is 12.7 Å². The average molecular weight is 417 g/mol. The van der Waals surface area contributed by atoms with E-state index >= 15 is 0 Å². The van der Waals surface area contributed by atoms with Gasteiger partial charge in [0.25, 0.3) is 0 Å². The standard InChI is InChI=1S/C23H20N4O2S/c1-15-7-10-17(11-8-15)25-22(23-26-18-5-3-4-6-21(18)30-23)27-24-14-16-9-12-19(28)20(13-16)29-2/h3-14,28H,1-2H3,(H,25,27)/b24-14-. The van der Waals surface area contributed by atoms with Gasteiger partial charge in [-0.2, -0.15) is 5.10 Å². The van der Waals surface area contributed by atoms with Crippen molar-refractivity contribution >= 4 is 39.3 Å². The lowest BCUT2D eigenvalue weighted by Crippen LogP contribution is -2.18. The molecule has 0 atom stereocenters. The molecule has 7 heteroatoms. The zero-order chi connectivity index (χ0) is 20.9. The molecule has 0 unspecified atom stereocenters. The van der Waals surface area contributed by atoms with Crippen LogP contribution >= 0.6 is 11.3 Å². The van der Waals surface area contributed by atoms with Gasteiger partial charge in [0.05, 0.1) is 29.2 Å². The fraction of sp³-hybridized carbons (Fsp3) is 0.0870. The zero-order valence-electron chi connectivity index (χ0n) is 16.5. The van der Waals surface area contributed by atoms with Crippen LogP contribution < -0.4 is 10.2 Å². The summed E-state index contributed by atoms with van der Waals surface area (Å²) in [6.45, 7) is 2.04. The highest BCUT2D eigenvalue weighted by Crippen LogP contribution is 2.26. The number of rotatable bonds is 5. The molecule has 3 aromatic carbocycles. The Balaban J connectivity index is 1.65. The fourth-order valence-electron chi connectivity index (χ4n) is 2.79. The number of aromatic nitrogens is 1. The number of fused-ring (bicyclic) bond motifs is 1. The molecule has 0 aliphatic heterocycles. The summed E-state index contributed by atoms with van der Waals surface area (Å²) < 4.78 is 6.22. The van der Waals surface area contributed by atoms with Crippen molar-refractivity contribution in [2.75, 3.05) is 7.11 Å². The van der Waals surface area contributed by atoms with Gasteiger partial charge in [0.15, 0.2) is 22.3 Å². The van der Waals surface area contributed by atoms with Crippen molar-refractivity contribution in [2.24, 2.45) is 10.1 Å². The van der Waals surface area contributed by atoms with E-state index in [9.17, 15) is 5.11 Å². The molecular weight excluding hydrogens is 396 g/mol. The molecule has 0 fully saturated rings. The van der Waals surface area contributed by atoms with Gasteiger partial charge in [-0.3, -0.25) is 5.43 Å². The van der Waals surface area contributed by atoms with Gasteiger partial charge < -0.3 is 9.84 Å². The number of hydrogen-bond donors (Lipinski definition) is 2. The van der Waals surface area contributed by atoms with Crippen molar-refractivity contribution in [2.45, 2.75) is 6.92 Å². The molecule has 0 amide bonds. The van der Waals surface area contributed by atoms with Crippen LogP contribution in [0.4, 0.5) is 5.69 Å². The summed E-state index contributed by atoms with van der Waals surface area (Å²) in [4.78, 5) is 9.41. The monoisotopic (exact) mass is 416 g/mol. The molecule has 150 valence electrons. The van der Waals surface area contributed by atoms with Crippen molar-refractivity contribution < 1.29 is 9.84 Å². The summed E-state index contributed by atoms with van der Waals surface area (Å²) in [7, 11) is 1.51. The summed E-state index contributed by atoms with van der Waals surface area (Å²) in [5, 5.41) is 14.8. The van der Waals surface area contributed by atoms with Crippen LogP contribution in [0.3, 0.4) is 0 Å². The Morgan fingerprint density at radius 1 is 1.10 bits per heavy atom. The van der Waals surface area contributed by atoms with Crippen LogP contribution in [0.5, 0.6) is 11.5 Å². The van der Waals surface area contributed by atoms with E-state index < -0.39 is 0 Å². The molecule has 1 aromatic heterocycles. The number of benzene rings is 3. The smallest absolute Gasteiger partial charge is 0.183 e. The Kier molecular flexibility index (Phi) is 5.72. The first-order valence-electron chi connectivity index (χ1n) is 9.30. The van der Waals surface area contributed by atoms with Gasteiger partial charge in [-0.1, -0.05) is 29.8 Å². The first-order valence-corrected chi connectivity index (χ1v) is 10.1. The number of hydrazone groups is 1. The lowest BCUT2D eigenvalue weighted by molar-refractivity contribution is 0.373. The molecule has 0 saturated heterocycles. The fourth-order valence-corrected chi connectivity index (χ4v) is 3.69. The second-order valence-electron chi connectivity index (χ2n) is 6.58. The third kappa shape index (κ3) is 4.47. The number of para-hydroxylation sites is 1. The quantitative estimate of drug-likeness (QED) is 0.272. The first kappa shape index (κ1) is 19.6. The predicted octanol–water partition coefficient (Wildman–Crippen LogP) is 5.02. The number of nitrogens with zero attached hydrogens (tertiary/aromatic N) is 3. The van der Waals surface area contributed by atoms with Crippen LogP contribution in [-0.2, 0) is 0 Å². The van der Waals surface area contributed by atoms with Crippen LogP contribution in [0.2, 0.25) is 0 Å². The second kappa shape index (κ2) is 8.75. The lowest BCUT2D eigenvalue weighted by Gasteiger charge is -2.05. The molecule has 4 aromatic rings. The highest BCUT2D eigenvalue weighted by atomic mass is 32.1. The van der Waals surface area contributed by atoms with Gasteiger partial charge in [0, 0.05) is 0 Å². The normalized spacial score (nSPS) is 11.9. The molecule has 0 spiro atoms. The molecule has 1 heterocycles. The number of methoxy groups -OCH3 is 1. The molecule has 0 saturated carbocycles. The Bertz CT molecular complexity index is 1200. The second-order valence-corrected chi connectivity index (χ2v) is 7.61. The Morgan fingerprint density at radius 2 is 1.90 bits per heavy atom. The topological polar surface area (TPSA) is 79.1 Å². The minimum absolute atomic E-state index is 0.0821. The number of nitrogens with one attached hydrogen (secondary N) is 1. The molecular formula is C23H20N4O2S. The summed E-state index contributed by atoms with van der Waals surface area (Å²) in [5.41, 5.74) is 6.70. The van der Waals surface area contributed by atoms with Crippen LogP contribution in [0.25, 0.3) is 10.2 Å². The number of aryl methyl sites for hydroxylation is 1. The lowest BCUT2D eigenvalue weighted by atomic mass is 10.2. The highest BCUT2D eigenvalue weighted by molar-refractivity contribution is 7.20. The molecule has 0 radical (unpaired) electrons. The molecule has 0 aliphatic rings. The van der Waals surface area contributed by atoms with E-state index in [1.54, 1.807) is 35.8 Å². The minimum atomic E-state index is 0.0821. The zero-order valence-corrected chi connectivity index (χ0v) is 17.4. The van der Waals surface area contributed by atoms with E-state index in [-0.39, 0.29) is 5.75 Å². The van der Waals surface area contributed by atoms with Crippen LogP contribution in [-0.4, -0.2) is 29.3 Å². The SMILES string of the molecule is COc1cc(/C=N\NC(=Nc2ccc(C)cc2)c2nc3ccccc3s2)ccc1O. The number of phenols is 1. The number of aliphatic imine (C=N–C) groups is 1. The molecule has 4 rings (SSSR count). The van der Waals surface area contributed by atoms with Gasteiger partial charge >= 0.3 is 0 Å². The van der Waals surface area contributed by atoms with Crippen molar-refractivity contribution in [3.8, 4) is 11.5 Å². The van der Waals surface area contributed by atoms with Crippen LogP contribution in [0, 0.1) is 6.92 Å². The van der Waals surface area contributed by atoms with Gasteiger partial charge in [-0.15, -0.1) is 11.3 Å². The summed E-state index contributed by atoms with van der Waals surface area (Å²) in [5.74, 6) is 1.03. The molecule has 6 nitrogen and oxygen atoms in total. The maximum atomic E-state index is 9.74. The number of amidine groups is 1. The van der Waals surface area contributed by atoms with Crippen LogP contribution in [0.1, 0.15) is 16.1 Å². The summed E-state index contributed by atoms with van der Waals surface area (Å²) in [6.07, 6.45) is 1.64. The Morgan fingerprint density at radius 3 is 2.67 bits per heavy atom. The van der Waals surface area contributed by atoms with Gasteiger partial charge in [-0.25, -0.2) is 9.98 Å². The number of hydrogen-bond acceptors (Lipinski definition) is 6. The largest absolute Gasteiger partial charge is 0.504 e. The number of ether oxygens (including phenoxy) is 1. The van der Waals surface area contributed by atoms with Crippen molar-refractivity contribution in [1.82, 2.24) is 10.4 Å². The van der Waals surface area contributed by atoms with Crippen molar-refractivity contribution in [3.63, 3.8) is 0 Å². The third-order valence-electron chi connectivity index (χ3n) is 4.36. The third-order valence-corrected chi connectivity index (χ3v) is 5.40. The summed E-state index contributed by atoms with van der Waals surface area (Å²) >= 11 is 1.55. The van der Waals surface area contributed by atoms with E-state index in [4.69, 9.17) is 9.73 Å². The van der Waals surface area contributed by atoms with Gasteiger partial charge in [0.1, 0.15) is 0 Å². The van der Waals surface area contributed by atoms with E-state index in [0.29, 0.717) is 11.6 Å². The Hall–Kier alpha value is -3.71. The molecule has 0 bridgehead atoms.